The number of nitrogens with two attached hydrogens (primary N) is 1. The predicted molar refractivity (Wildman–Crippen MR) is 83.1 cm³/mol. The zero-order chi connectivity index (χ0) is 16.3. The second kappa shape index (κ2) is 6.60. The molecule has 1 atom stereocenters. The maximum atomic E-state index is 12.4. The highest BCUT2D eigenvalue weighted by atomic mass is 16.2. The number of aryl methyl sites for hydroxylation is 1. The quantitative estimate of drug-likeness (QED) is 0.894. The number of nitrogens with zero attached hydrogens (tertiary/aromatic N) is 2. The summed E-state index contributed by atoms with van der Waals surface area (Å²) in [5, 5.41) is 0. The van der Waals surface area contributed by atoms with Crippen molar-refractivity contribution >= 4 is 23.4 Å². The summed E-state index contributed by atoms with van der Waals surface area (Å²) in [6.07, 6.45) is 0.0646. The third-order valence-corrected chi connectivity index (χ3v) is 3.90. The second-order valence-corrected chi connectivity index (χ2v) is 5.63. The Kier molecular flexibility index (Phi) is 4.80. The minimum atomic E-state index is -0.508. The van der Waals surface area contributed by atoms with Gasteiger partial charge in [-0.15, -0.1) is 0 Å². The molecule has 6 heteroatoms. The predicted octanol–water partition coefficient (Wildman–Crippen LogP) is 0.824. The summed E-state index contributed by atoms with van der Waals surface area (Å²) in [5.41, 5.74) is 6.97. The fraction of sp³-hybridized carbons (Fsp3) is 0.438. The van der Waals surface area contributed by atoms with Gasteiger partial charge in [0.1, 0.15) is 6.54 Å². The van der Waals surface area contributed by atoms with Crippen LogP contribution >= 0.6 is 0 Å². The molecule has 1 aliphatic heterocycles. The number of hydrogen-bond donors (Lipinski definition) is 1. The van der Waals surface area contributed by atoms with Crippen molar-refractivity contribution < 1.29 is 14.4 Å². The third kappa shape index (κ3) is 3.44. The lowest BCUT2D eigenvalue weighted by molar-refractivity contribution is -0.140. The lowest BCUT2D eigenvalue weighted by Gasteiger charge is -2.40. The summed E-state index contributed by atoms with van der Waals surface area (Å²) in [7, 11) is 0. The van der Waals surface area contributed by atoms with Crippen LogP contribution in [0.2, 0.25) is 0 Å². The molecule has 2 rings (SSSR count). The largest absolute Gasteiger partial charge is 0.370 e. The van der Waals surface area contributed by atoms with Crippen molar-refractivity contribution in [1.82, 2.24) is 4.90 Å². The van der Waals surface area contributed by atoms with E-state index in [1.54, 1.807) is 4.90 Å². The van der Waals surface area contributed by atoms with Gasteiger partial charge >= 0.3 is 0 Å². The van der Waals surface area contributed by atoms with Crippen LogP contribution < -0.4 is 10.6 Å². The molecule has 0 saturated carbocycles. The molecule has 3 amide bonds. The molecular weight excluding hydrogens is 282 g/mol. The van der Waals surface area contributed by atoms with Crippen molar-refractivity contribution in [2.24, 2.45) is 5.73 Å². The zero-order valence-electron chi connectivity index (χ0n) is 12.9. The molecule has 6 nitrogen and oxygen atoms in total. The van der Waals surface area contributed by atoms with Crippen LogP contribution in [0.3, 0.4) is 0 Å². The van der Waals surface area contributed by atoms with Gasteiger partial charge in [0.2, 0.25) is 17.7 Å². The van der Waals surface area contributed by atoms with Crippen LogP contribution in [-0.2, 0) is 14.4 Å². The number of benzene rings is 1. The van der Waals surface area contributed by atoms with Gasteiger partial charge in [0, 0.05) is 31.1 Å². The number of carbonyl (C=O) groups is 3. The van der Waals surface area contributed by atoms with E-state index in [2.05, 4.69) is 0 Å². The Morgan fingerprint density at radius 3 is 2.59 bits per heavy atom. The number of primary amides is 1. The van der Waals surface area contributed by atoms with E-state index in [4.69, 9.17) is 5.73 Å². The van der Waals surface area contributed by atoms with E-state index in [0.29, 0.717) is 6.54 Å². The van der Waals surface area contributed by atoms with E-state index < -0.39 is 5.91 Å². The summed E-state index contributed by atoms with van der Waals surface area (Å²) >= 11 is 0. The van der Waals surface area contributed by atoms with Gasteiger partial charge in [0.25, 0.3) is 0 Å². The van der Waals surface area contributed by atoms with Crippen molar-refractivity contribution in [3.63, 3.8) is 0 Å². The van der Waals surface area contributed by atoms with Crippen LogP contribution in [0.25, 0.3) is 0 Å². The molecule has 1 unspecified atom stereocenters. The number of amides is 3. The zero-order valence-corrected chi connectivity index (χ0v) is 12.9. The first kappa shape index (κ1) is 16.0. The van der Waals surface area contributed by atoms with Gasteiger partial charge in [-0.05, 0) is 25.5 Å². The van der Waals surface area contributed by atoms with Crippen LogP contribution in [0.15, 0.2) is 24.3 Å². The van der Waals surface area contributed by atoms with Crippen molar-refractivity contribution in [2.75, 3.05) is 18.0 Å². The van der Waals surface area contributed by atoms with Crippen molar-refractivity contribution in [1.29, 1.82) is 0 Å². The van der Waals surface area contributed by atoms with Gasteiger partial charge in [-0.2, -0.15) is 0 Å². The minimum Gasteiger partial charge on any atom is -0.370 e. The molecule has 0 aliphatic carbocycles. The van der Waals surface area contributed by atoms with Crippen molar-refractivity contribution in [3.8, 4) is 0 Å². The van der Waals surface area contributed by atoms with Gasteiger partial charge in [-0.3, -0.25) is 14.4 Å². The number of anilines is 1. The Labute approximate surface area is 129 Å². The first-order chi connectivity index (χ1) is 10.4. The molecule has 1 heterocycles. The molecule has 118 valence electrons. The molecule has 1 aliphatic rings. The highest BCUT2D eigenvalue weighted by molar-refractivity contribution is 5.99. The van der Waals surface area contributed by atoms with Gasteiger partial charge in [0.15, 0.2) is 0 Å². The SMILES string of the molecule is Cc1ccccc1N1CC(C)N(C(=O)CCC(N)=O)CC1=O. The molecule has 1 saturated heterocycles. The smallest absolute Gasteiger partial charge is 0.246 e. The number of piperazine rings is 1. The van der Waals surface area contributed by atoms with E-state index in [1.807, 2.05) is 38.1 Å². The molecule has 0 radical (unpaired) electrons. The van der Waals surface area contributed by atoms with Gasteiger partial charge in [-0.25, -0.2) is 0 Å². The molecule has 2 N–H and O–H groups in total. The van der Waals surface area contributed by atoms with Crippen molar-refractivity contribution in [3.05, 3.63) is 29.8 Å². The van der Waals surface area contributed by atoms with E-state index >= 15 is 0 Å². The fourth-order valence-corrected chi connectivity index (χ4v) is 2.66. The number of rotatable bonds is 4. The summed E-state index contributed by atoms with van der Waals surface area (Å²) in [4.78, 5) is 38.5. The Morgan fingerprint density at radius 2 is 1.95 bits per heavy atom. The fourth-order valence-electron chi connectivity index (χ4n) is 2.66. The van der Waals surface area contributed by atoms with E-state index in [-0.39, 0.29) is 37.2 Å². The first-order valence-corrected chi connectivity index (χ1v) is 7.34. The van der Waals surface area contributed by atoms with Gasteiger partial charge < -0.3 is 15.5 Å². The Bertz CT molecular complexity index is 600. The second-order valence-electron chi connectivity index (χ2n) is 5.63. The first-order valence-electron chi connectivity index (χ1n) is 7.34. The van der Waals surface area contributed by atoms with Crippen LogP contribution in [0.1, 0.15) is 25.3 Å². The standard InChI is InChI=1S/C16H21N3O3/c1-11-5-3-4-6-13(11)19-9-12(2)18(10-16(19)22)15(21)8-7-14(17)20/h3-6,12H,7-10H2,1-2H3,(H2,17,20). The molecule has 1 fully saturated rings. The molecule has 1 aromatic rings. The average molecular weight is 303 g/mol. The third-order valence-electron chi connectivity index (χ3n) is 3.90. The Hall–Kier alpha value is -2.37. The summed E-state index contributed by atoms with van der Waals surface area (Å²) in [5.74, 6) is -0.824. The van der Waals surface area contributed by atoms with Gasteiger partial charge in [-0.1, -0.05) is 18.2 Å². The van der Waals surface area contributed by atoms with E-state index in [1.165, 1.54) is 4.90 Å². The van der Waals surface area contributed by atoms with E-state index in [0.717, 1.165) is 11.3 Å². The van der Waals surface area contributed by atoms with Crippen LogP contribution in [0, 0.1) is 6.92 Å². The highest BCUT2D eigenvalue weighted by Gasteiger charge is 2.33. The number of hydrogen-bond acceptors (Lipinski definition) is 3. The molecule has 0 aromatic heterocycles. The maximum absolute atomic E-state index is 12.4. The summed E-state index contributed by atoms with van der Waals surface area (Å²) < 4.78 is 0. The molecule has 0 bridgehead atoms. The molecule has 0 spiro atoms. The normalized spacial score (nSPS) is 18.5. The minimum absolute atomic E-state index is 0.0117. The number of para-hydroxylation sites is 1. The number of carbonyl (C=O) groups excluding carboxylic acids is 3. The van der Waals surface area contributed by atoms with Crippen molar-refractivity contribution in [2.45, 2.75) is 32.7 Å². The summed E-state index contributed by atoms with van der Waals surface area (Å²) in [6.45, 7) is 4.34. The Balaban J connectivity index is 2.09. The van der Waals surface area contributed by atoms with Crippen LogP contribution in [0.5, 0.6) is 0 Å². The molecule has 22 heavy (non-hydrogen) atoms. The monoisotopic (exact) mass is 303 g/mol. The average Bonchev–Trinajstić information content (AvgIpc) is 2.47. The van der Waals surface area contributed by atoms with Gasteiger partial charge in [0.05, 0.1) is 0 Å². The lowest BCUT2D eigenvalue weighted by Crippen LogP contribution is -2.57. The van der Waals surface area contributed by atoms with E-state index in [9.17, 15) is 14.4 Å². The lowest BCUT2D eigenvalue weighted by atomic mass is 10.1. The topological polar surface area (TPSA) is 83.7 Å². The Morgan fingerprint density at radius 1 is 1.27 bits per heavy atom. The van der Waals surface area contributed by atoms with Crippen LogP contribution in [-0.4, -0.2) is 41.8 Å². The highest BCUT2D eigenvalue weighted by Crippen LogP contribution is 2.24. The molecular formula is C16H21N3O3. The molecule has 1 aromatic carbocycles. The van der Waals surface area contributed by atoms with Crippen LogP contribution in [0.4, 0.5) is 5.69 Å². The summed E-state index contributed by atoms with van der Waals surface area (Å²) in [6, 6.07) is 7.58. The maximum Gasteiger partial charge on any atom is 0.246 e.